The lowest BCUT2D eigenvalue weighted by atomic mass is 10.1. The van der Waals surface area contributed by atoms with Gasteiger partial charge in [-0.05, 0) is 49.5 Å². The van der Waals surface area contributed by atoms with E-state index in [9.17, 15) is 4.79 Å². The number of rotatable bonds is 6. The van der Waals surface area contributed by atoms with Crippen molar-refractivity contribution < 1.29 is 4.79 Å². The Bertz CT molecular complexity index is 448. The average Bonchev–Trinajstić information content (AvgIpc) is 2.49. The number of carbonyl (C=O) groups is 1. The van der Waals surface area contributed by atoms with Gasteiger partial charge in [0.15, 0.2) is 0 Å². The number of benzene rings is 1. The van der Waals surface area contributed by atoms with Crippen LogP contribution in [-0.2, 0) is 11.2 Å². The van der Waals surface area contributed by atoms with Crippen LogP contribution in [0.4, 0.5) is 5.69 Å². The highest BCUT2D eigenvalue weighted by Crippen LogP contribution is 2.10. The standard InChI is InChI=1S/C17H27N3O.2ClH/c1-14(13-20-9-3-2-4-10-20)12-19-17(21)11-15-5-7-16(18)8-6-15;;/h5-8,14H,2-4,9-13,18H2,1H3,(H,19,21);2*1H. The summed E-state index contributed by atoms with van der Waals surface area (Å²) in [5.74, 6) is 0.587. The maximum absolute atomic E-state index is 11.9. The minimum atomic E-state index is 0. The number of carbonyl (C=O) groups excluding carboxylic acids is 1. The van der Waals surface area contributed by atoms with Gasteiger partial charge in [-0.1, -0.05) is 25.5 Å². The Balaban J connectivity index is 0.00000242. The van der Waals surface area contributed by atoms with E-state index in [0.717, 1.165) is 24.3 Å². The van der Waals surface area contributed by atoms with Crippen molar-refractivity contribution in [2.45, 2.75) is 32.6 Å². The van der Waals surface area contributed by atoms with Gasteiger partial charge in [-0.15, -0.1) is 24.8 Å². The number of nitrogens with zero attached hydrogens (tertiary/aromatic N) is 1. The van der Waals surface area contributed by atoms with E-state index in [0.29, 0.717) is 12.3 Å². The van der Waals surface area contributed by atoms with Crippen LogP contribution in [0.2, 0.25) is 0 Å². The van der Waals surface area contributed by atoms with Crippen LogP contribution < -0.4 is 11.1 Å². The van der Waals surface area contributed by atoms with E-state index in [2.05, 4.69) is 17.1 Å². The maximum Gasteiger partial charge on any atom is 0.224 e. The zero-order valence-corrected chi connectivity index (χ0v) is 15.4. The summed E-state index contributed by atoms with van der Waals surface area (Å²) in [5.41, 5.74) is 7.38. The van der Waals surface area contributed by atoms with Gasteiger partial charge >= 0.3 is 0 Å². The molecule has 1 saturated heterocycles. The van der Waals surface area contributed by atoms with Crippen molar-refractivity contribution in [3.8, 4) is 0 Å². The number of nitrogens with one attached hydrogen (secondary N) is 1. The Morgan fingerprint density at radius 2 is 1.78 bits per heavy atom. The van der Waals surface area contributed by atoms with E-state index >= 15 is 0 Å². The maximum atomic E-state index is 11.9. The van der Waals surface area contributed by atoms with Gasteiger partial charge in [-0.25, -0.2) is 0 Å². The van der Waals surface area contributed by atoms with Crippen LogP contribution in [0, 0.1) is 5.92 Å². The molecule has 1 atom stereocenters. The molecular formula is C17H29Cl2N3O. The summed E-state index contributed by atoms with van der Waals surface area (Å²) < 4.78 is 0. The second kappa shape index (κ2) is 11.5. The summed E-state index contributed by atoms with van der Waals surface area (Å²) in [4.78, 5) is 14.5. The lowest BCUT2D eigenvalue weighted by Gasteiger charge is -2.29. The van der Waals surface area contributed by atoms with Gasteiger partial charge in [0.25, 0.3) is 0 Å². The first-order valence-corrected chi connectivity index (χ1v) is 7.97. The first-order valence-electron chi connectivity index (χ1n) is 7.97. The lowest BCUT2D eigenvalue weighted by molar-refractivity contribution is -0.120. The largest absolute Gasteiger partial charge is 0.399 e. The van der Waals surface area contributed by atoms with E-state index in [1.54, 1.807) is 0 Å². The Morgan fingerprint density at radius 1 is 1.17 bits per heavy atom. The van der Waals surface area contributed by atoms with Crippen molar-refractivity contribution in [3.63, 3.8) is 0 Å². The smallest absolute Gasteiger partial charge is 0.224 e. The molecule has 1 aliphatic heterocycles. The highest BCUT2D eigenvalue weighted by molar-refractivity contribution is 5.85. The molecule has 1 amide bonds. The Kier molecular flexibility index (Phi) is 11.1. The average molecular weight is 362 g/mol. The van der Waals surface area contributed by atoms with Crippen LogP contribution in [0.1, 0.15) is 31.7 Å². The Morgan fingerprint density at radius 3 is 2.39 bits per heavy atom. The number of hydrogen-bond donors (Lipinski definition) is 2. The molecule has 1 aromatic rings. The molecule has 0 radical (unpaired) electrons. The summed E-state index contributed by atoms with van der Waals surface area (Å²) in [6.07, 6.45) is 4.42. The fourth-order valence-electron chi connectivity index (χ4n) is 2.82. The Hall–Kier alpha value is -0.970. The van der Waals surface area contributed by atoms with Gasteiger partial charge in [0, 0.05) is 18.8 Å². The van der Waals surface area contributed by atoms with Gasteiger partial charge in [-0.3, -0.25) is 4.79 Å². The Labute approximate surface area is 152 Å². The minimum Gasteiger partial charge on any atom is -0.399 e. The molecule has 1 heterocycles. The second-order valence-corrected chi connectivity index (χ2v) is 6.19. The number of hydrogen-bond acceptors (Lipinski definition) is 3. The predicted octanol–water partition coefficient (Wildman–Crippen LogP) is 2.89. The third kappa shape index (κ3) is 8.45. The molecule has 4 nitrogen and oxygen atoms in total. The van der Waals surface area contributed by atoms with Crippen LogP contribution >= 0.6 is 24.8 Å². The normalized spacial score (nSPS) is 15.9. The van der Waals surface area contributed by atoms with Crippen LogP contribution in [-0.4, -0.2) is 37.0 Å². The van der Waals surface area contributed by atoms with Gasteiger partial charge in [0.2, 0.25) is 5.91 Å². The SMILES string of the molecule is CC(CNC(=O)Cc1ccc(N)cc1)CN1CCCCC1.Cl.Cl. The van der Waals surface area contributed by atoms with Crippen molar-refractivity contribution in [2.24, 2.45) is 5.92 Å². The molecule has 0 saturated carbocycles. The van der Waals surface area contributed by atoms with E-state index < -0.39 is 0 Å². The quantitative estimate of drug-likeness (QED) is 0.765. The van der Waals surface area contributed by atoms with Crippen molar-refractivity contribution in [1.82, 2.24) is 10.2 Å². The lowest BCUT2D eigenvalue weighted by Crippen LogP contribution is -2.38. The van der Waals surface area contributed by atoms with Crippen molar-refractivity contribution in [1.29, 1.82) is 0 Å². The first-order chi connectivity index (χ1) is 10.1. The number of halogens is 2. The van der Waals surface area contributed by atoms with E-state index in [1.807, 2.05) is 24.3 Å². The number of piperidine rings is 1. The summed E-state index contributed by atoms with van der Waals surface area (Å²) in [5, 5.41) is 3.04. The van der Waals surface area contributed by atoms with E-state index in [-0.39, 0.29) is 30.7 Å². The van der Waals surface area contributed by atoms with E-state index in [1.165, 1.54) is 32.4 Å². The number of amides is 1. The topological polar surface area (TPSA) is 58.4 Å². The molecule has 0 bridgehead atoms. The fraction of sp³-hybridized carbons (Fsp3) is 0.588. The van der Waals surface area contributed by atoms with Crippen molar-refractivity contribution in [3.05, 3.63) is 29.8 Å². The van der Waals surface area contributed by atoms with Crippen LogP contribution in [0.5, 0.6) is 0 Å². The number of nitrogens with two attached hydrogens (primary N) is 1. The first kappa shape index (κ1) is 22.0. The summed E-state index contributed by atoms with van der Waals surface area (Å²) in [6.45, 7) is 6.47. The molecule has 1 aromatic carbocycles. The number of likely N-dealkylation sites (tertiary alicyclic amines) is 1. The molecule has 0 aliphatic carbocycles. The van der Waals surface area contributed by atoms with Crippen LogP contribution in [0.3, 0.4) is 0 Å². The molecule has 3 N–H and O–H groups in total. The molecular weight excluding hydrogens is 333 g/mol. The third-order valence-corrected chi connectivity index (χ3v) is 4.01. The monoisotopic (exact) mass is 361 g/mol. The van der Waals surface area contributed by atoms with Crippen LogP contribution in [0.15, 0.2) is 24.3 Å². The molecule has 0 spiro atoms. The van der Waals surface area contributed by atoms with Crippen molar-refractivity contribution in [2.75, 3.05) is 31.9 Å². The molecule has 1 fully saturated rings. The highest BCUT2D eigenvalue weighted by atomic mass is 35.5. The van der Waals surface area contributed by atoms with Crippen molar-refractivity contribution >= 4 is 36.4 Å². The van der Waals surface area contributed by atoms with Gasteiger partial charge in [0.1, 0.15) is 0 Å². The minimum absolute atomic E-state index is 0. The highest BCUT2D eigenvalue weighted by Gasteiger charge is 2.14. The zero-order chi connectivity index (χ0) is 15.1. The zero-order valence-electron chi connectivity index (χ0n) is 13.8. The molecule has 23 heavy (non-hydrogen) atoms. The number of nitrogen functional groups attached to an aromatic ring is 1. The molecule has 1 aliphatic rings. The fourth-order valence-corrected chi connectivity index (χ4v) is 2.82. The van der Waals surface area contributed by atoms with E-state index in [4.69, 9.17) is 5.73 Å². The third-order valence-electron chi connectivity index (χ3n) is 4.01. The summed E-state index contributed by atoms with van der Waals surface area (Å²) in [6, 6.07) is 7.49. The summed E-state index contributed by atoms with van der Waals surface area (Å²) >= 11 is 0. The van der Waals surface area contributed by atoms with Gasteiger partial charge in [0.05, 0.1) is 6.42 Å². The molecule has 6 heteroatoms. The second-order valence-electron chi connectivity index (χ2n) is 6.19. The summed E-state index contributed by atoms with van der Waals surface area (Å²) in [7, 11) is 0. The predicted molar refractivity (Wildman–Crippen MR) is 102 cm³/mol. The molecule has 1 unspecified atom stereocenters. The van der Waals surface area contributed by atoms with Crippen LogP contribution in [0.25, 0.3) is 0 Å². The molecule has 2 rings (SSSR count). The number of anilines is 1. The van der Waals surface area contributed by atoms with Gasteiger partial charge < -0.3 is 16.0 Å². The molecule has 132 valence electrons. The molecule has 0 aromatic heterocycles. The van der Waals surface area contributed by atoms with Gasteiger partial charge in [-0.2, -0.15) is 0 Å².